The van der Waals surface area contributed by atoms with Gasteiger partial charge in [0, 0.05) is 23.9 Å². The van der Waals surface area contributed by atoms with Gasteiger partial charge in [0.25, 0.3) is 0 Å². The molecule has 0 bridgehead atoms. The van der Waals surface area contributed by atoms with E-state index in [1.807, 2.05) is 0 Å². The average Bonchev–Trinajstić information content (AvgIpc) is 3.35. The van der Waals surface area contributed by atoms with Crippen LogP contribution >= 0.6 is 7.60 Å². The lowest BCUT2D eigenvalue weighted by atomic mass is 10.0. The Morgan fingerprint density at radius 1 is 1.07 bits per heavy atom. The minimum Gasteiger partial charge on any atom is -0.769 e. The second kappa shape index (κ2) is 7.31. The van der Waals surface area contributed by atoms with Crippen molar-refractivity contribution in [1.29, 1.82) is 0 Å². The molecule has 4 rings (SSSR count). The van der Waals surface area contributed by atoms with Crippen LogP contribution in [0, 0.1) is 0 Å². The number of hydrogen-bond acceptors (Lipinski definition) is 9. The summed E-state index contributed by atoms with van der Waals surface area (Å²) in [6, 6.07) is 8.27. The van der Waals surface area contributed by atoms with Gasteiger partial charge in [-0.3, -0.25) is 4.57 Å². The third-order valence-corrected chi connectivity index (χ3v) is 4.72. The van der Waals surface area contributed by atoms with E-state index < -0.39 is 7.60 Å². The largest absolute Gasteiger partial charge is 0.769 e. The SMILES string of the molecule is COc1ccc(-c2n[nH]nc2-c2cc(OC)c3c(c2)OCO3)c(OP(C)(=O)[O-])c1. The molecule has 1 aliphatic heterocycles. The Labute approximate surface area is 165 Å². The number of ether oxygens (including phenoxy) is 4. The first-order chi connectivity index (χ1) is 13.9. The second-order valence-corrected chi connectivity index (χ2v) is 7.88. The molecular weight excluding hydrogens is 401 g/mol. The Kier molecular flexibility index (Phi) is 4.81. The van der Waals surface area contributed by atoms with Crippen LogP contribution in [-0.4, -0.2) is 43.1 Å². The topological polar surface area (TPSA) is 128 Å². The van der Waals surface area contributed by atoms with Crippen LogP contribution in [0.15, 0.2) is 30.3 Å². The molecule has 11 heteroatoms. The molecule has 0 radical (unpaired) electrons. The molecule has 2 heterocycles. The summed E-state index contributed by atoms with van der Waals surface area (Å²) >= 11 is 0. The molecule has 10 nitrogen and oxygen atoms in total. The van der Waals surface area contributed by atoms with E-state index in [0.717, 1.165) is 6.66 Å². The maximum atomic E-state index is 11.8. The Hall–Kier alpha value is -3.23. The van der Waals surface area contributed by atoms with Crippen molar-refractivity contribution in [3.05, 3.63) is 30.3 Å². The van der Waals surface area contributed by atoms with Crippen molar-refractivity contribution < 1.29 is 32.9 Å². The highest BCUT2D eigenvalue weighted by molar-refractivity contribution is 7.50. The van der Waals surface area contributed by atoms with E-state index in [1.165, 1.54) is 20.3 Å². The van der Waals surface area contributed by atoms with Crippen molar-refractivity contribution in [3.63, 3.8) is 0 Å². The molecule has 0 aliphatic carbocycles. The summed E-state index contributed by atoms with van der Waals surface area (Å²) < 4.78 is 38.4. The number of aromatic amines is 1. The summed E-state index contributed by atoms with van der Waals surface area (Å²) in [6.45, 7) is 1.08. The van der Waals surface area contributed by atoms with Gasteiger partial charge >= 0.3 is 0 Å². The van der Waals surface area contributed by atoms with Crippen molar-refractivity contribution in [2.75, 3.05) is 27.7 Å². The number of fused-ring (bicyclic) bond motifs is 1. The average molecular weight is 418 g/mol. The van der Waals surface area contributed by atoms with Crippen molar-refractivity contribution in [3.8, 4) is 51.3 Å². The van der Waals surface area contributed by atoms with E-state index in [2.05, 4.69) is 15.4 Å². The van der Waals surface area contributed by atoms with Gasteiger partial charge in [-0.2, -0.15) is 15.4 Å². The normalized spacial score (nSPS) is 14.3. The molecule has 1 atom stereocenters. The first-order valence-corrected chi connectivity index (χ1v) is 10.4. The van der Waals surface area contributed by atoms with Crippen LogP contribution in [0.4, 0.5) is 0 Å². The molecule has 0 spiro atoms. The molecule has 29 heavy (non-hydrogen) atoms. The van der Waals surface area contributed by atoms with Gasteiger partial charge < -0.3 is 28.4 Å². The molecule has 0 saturated carbocycles. The van der Waals surface area contributed by atoms with E-state index in [-0.39, 0.29) is 12.5 Å². The summed E-state index contributed by atoms with van der Waals surface area (Å²) in [4.78, 5) is 11.8. The number of methoxy groups -OCH3 is 2. The number of H-pyrrole nitrogens is 1. The lowest BCUT2D eigenvalue weighted by Crippen LogP contribution is -2.06. The standard InChI is InChI=1S/C18H18N3O7P/c1-24-11-4-5-12(13(8-11)28-29(3,22)23)17-16(19-21-20-17)10-6-14(25-2)18-15(7-10)26-9-27-18/h4-8H,9H2,1-3H3,(H,22,23)(H,19,20,21)/p-1. The summed E-state index contributed by atoms with van der Waals surface area (Å²) in [5.41, 5.74) is 1.90. The Morgan fingerprint density at radius 2 is 1.86 bits per heavy atom. The quantitative estimate of drug-likeness (QED) is 0.600. The number of nitrogens with zero attached hydrogens (tertiary/aromatic N) is 2. The molecule has 1 N–H and O–H groups in total. The highest BCUT2D eigenvalue weighted by Crippen LogP contribution is 2.47. The van der Waals surface area contributed by atoms with Gasteiger partial charge in [0.1, 0.15) is 22.9 Å². The molecule has 2 aromatic carbocycles. The molecular formula is C18H17N3O7P-. The first kappa shape index (κ1) is 19.1. The zero-order valence-electron chi connectivity index (χ0n) is 15.8. The van der Waals surface area contributed by atoms with E-state index in [0.29, 0.717) is 45.5 Å². The van der Waals surface area contributed by atoms with E-state index >= 15 is 0 Å². The fourth-order valence-electron chi connectivity index (χ4n) is 2.97. The maximum absolute atomic E-state index is 11.8. The fourth-order valence-corrected chi connectivity index (χ4v) is 3.47. The van der Waals surface area contributed by atoms with Gasteiger partial charge in [0.15, 0.2) is 19.1 Å². The predicted octanol–water partition coefficient (Wildman–Crippen LogP) is 2.45. The Morgan fingerprint density at radius 3 is 2.59 bits per heavy atom. The van der Waals surface area contributed by atoms with Crippen LogP contribution in [0.2, 0.25) is 0 Å². The van der Waals surface area contributed by atoms with Crippen molar-refractivity contribution in [1.82, 2.24) is 15.4 Å². The molecule has 1 unspecified atom stereocenters. The Balaban J connectivity index is 1.85. The van der Waals surface area contributed by atoms with Gasteiger partial charge in [-0.05, 0) is 24.3 Å². The van der Waals surface area contributed by atoms with Crippen LogP contribution in [0.5, 0.6) is 28.7 Å². The van der Waals surface area contributed by atoms with Gasteiger partial charge in [-0.1, -0.05) is 0 Å². The summed E-state index contributed by atoms with van der Waals surface area (Å²) in [7, 11) is -1.08. The first-order valence-electron chi connectivity index (χ1n) is 8.45. The zero-order valence-corrected chi connectivity index (χ0v) is 16.7. The molecule has 0 saturated heterocycles. The maximum Gasteiger partial charge on any atom is 0.231 e. The van der Waals surface area contributed by atoms with E-state index in [1.54, 1.807) is 24.3 Å². The number of benzene rings is 2. The molecule has 152 valence electrons. The molecule has 1 aliphatic rings. The molecule has 3 aromatic rings. The van der Waals surface area contributed by atoms with Crippen LogP contribution in [0.1, 0.15) is 0 Å². The third kappa shape index (κ3) is 3.72. The zero-order chi connectivity index (χ0) is 20.6. The highest BCUT2D eigenvalue weighted by atomic mass is 31.2. The molecule has 0 fully saturated rings. The third-order valence-electron chi connectivity index (χ3n) is 4.19. The lowest BCUT2D eigenvalue weighted by Gasteiger charge is -2.21. The van der Waals surface area contributed by atoms with Gasteiger partial charge in [-0.25, -0.2) is 0 Å². The fraction of sp³-hybridized carbons (Fsp3) is 0.222. The number of rotatable bonds is 6. The van der Waals surface area contributed by atoms with Crippen molar-refractivity contribution in [2.24, 2.45) is 0 Å². The van der Waals surface area contributed by atoms with Crippen molar-refractivity contribution in [2.45, 2.75) is 0 Å². The van der Waals surface area contributed by atoms with Crippen LogP contribution in [0.25, 0.3) is 22.5 Å². The summed E-state index contributed by atoms with van der Waals surface area (Å²) in [5, 5.41) is 11.0. The van der Waals surface area contributed by atoms with Gasteiger partial charge in [0.2, 0.25) is 12.5 Å². The lowest BCUT2D eigenvalue weighted by molar-refractivity contribution is -0.188. The smallest absolute Gasteiger partial charge is 0.231 e. The number of aromatic nitrogens is 3. The summed E-state index contributed by atoms with van der Waals surface area (Å²) in [6.07, 6.45) is 0. The number of hydrogen-bond donors (Lipinski definition) is 1. The predicted molar refractivity (Wildman–Crippen MR) is 101 cm³/mol. The minimum atomic E-state index is -4.08. The monoisotopic (exact) mass is 418 g/mol. The van der Waals surface area contributed by atoms with Crippen LogP contribution in [0.3, 0.4) is 0 Å². The van der Waals surface area contributed by atoms with Gasteiger partial charge in [0.05, 0.1) is 14.2 Å². The summed E-state index contributed by atoms with van der Waals surface area (Å²) in [5.74, 6) is 2.01. The number of nitrogens with one attached hydrogen (secondary N) is 1. The van der Waals surface area contributed by atoms with Crippen molar-refractivity contribution >= 4 is 7.60 Å². The van der Waals surface area contributed by atoms with E-state index in [4.69, 9.17) is 23.5 Å². The minimum absolute atomic E-state index is 0.0769. The molecule has 0 amide bonds. The highest BCUT2D eigenvalue weighted by Gasteiger charge is 2.24. The molecule has 1 aromatic heterocycles. The van der Waals surface area contributed by atoms with Gasteiger partial charge in [-0.15, -0.1) is 0 Å². The van der Waals surface area contributed by atoms with Crippen LogP contribution in [-0.2, 0) is 4.57 Å². The second-order valence-electron chi connectivity index (χ2n) is 6.16. The van der Waals surface area contributed by atoms with Crippen LogP contribution < -0.4 is 28.4 Å². The van der Waals surface area contributed by atoms with E-state index in [9.17, 15) is 9.46 Å². The Bertz CT molecular complexity index is 1110.